The molecule has 0 saturated carbocycles. The van der Waals surface area contributed by atoms with E-state index in [0.29, 0.717) is 13.2 Å². The molecule has 90 valence electrons. The molecule has 1 N–H and O–H groups in total. The number of hydrogen-bond acceptors (Lipinski definition) is 5. The fraction of sp³-hybridized carbons (Fsp3) is 0.889. The molecule has 5 nitrogen and oxygen atoms in total. The summed E-state index contributed by atoms with van der Waals surface area (Å²) in [6.07, 6.45) is 1.22. The highest BCUT2D eigenvalue weighted by atomic mass is 32.2. The van der Waals surface area contributed by atoms with Gasteiger partial charge in [0.05, 0.1) is 11.5 Å². The van der Waals surface area contributed by atoms with Crippen LogP contribution in [0.15, 0.2) is 5.16 Å². The molecular weight excluding hydrogens is 216 g/mol. The Labute approximate surface area is 91.8 Å². The van der Waals surface area contributed by atoms with Gasteiger partial charge in [0.2, 0.25) is 0 Å². The molecule has 0 saturated heterocycles. The summed E-state index contributed by atoms with van der Waals surface area (Å²) in [6, 6.07) is 0.0925. The number of rotatable bonds is 7. The first-order valence-electron chi connectivity index (χ1n) is 4.85. The van der Waals surface area contributed by atoms with Crippen molar-refractivity contribution in [3.8, 4) is 0 Å². The predicted molar refractivity (Wildman–Crippen MR) is 61.9 cm³/mol. The van der Waals surface area contributed by atoms with Crippen LogP contribution in [-0.4, -0.2) is 45.3 Å². The highest BCUT2D eigenvalue weighted by Gasteiger charge is 2.05. The van der Waals surface area contributed by atoms with Crippen molar-refractivity contribution >= 4 is 15.5 Å². The van der Waals surface area contributed by atoms with E-state index < -0.39 is 9.84 Å². The molecule has 0 radical (unpaired) electrons. The van der Waals surface area contributed by atoms with Crippen molar-refractivity contribution in [2.24, 2.45) is 5.16 Å². The summed E-state index contributed by atoms with van der Waals surface area (Å²) in [5.74, 6) is 0.146. The molecule has 0 amide bonds. The van der Waals surface area contributed by atoms with Gasteiger partial charge in [-0.05, 0) is 20.8 Å². The minimum absolute atomic E-state index is 0.0925. The molecule has 0 aromatic heterocycles. The van der Waals surface area contributed by atoms with Gasteiger partial charge < -0.3 is 10.2 Å². The minimum Gasteiger partial charge on any atom is -0.394 e. The minimum atomic E-state index is -2.88. The molecule has 15 heavy (non-hydrogen) atoms. The molecule has 6 heteroatoms. The lowest BCUT2D eigenvalue weighted by atomic mass is 10.4. The van der Waals surface area contributed by atoms with Crippen LogP contribution in [0.3, 0.4) is 0 Å². The Morgan fingerprint density at radius 3 is 2.53 bits per heavy atom. The molecule has 0 bridgehead atoms. The molecule has 0 aliphatic heterocycles. The maximum Gasteiger partial charge on any atom is 0.148 e. The monoisotopic (exact) mass is 236 g/mol. The molecule has 0 aliphatic rings. The van der Waals surface area contributed by atoms with Crippen molar-refractivity contribution in [1.29, 1.82) is 0 Å². The number of nitrogens with zero attached hydrogens (tertiary/aromatic N) is 1. The van der Waals surface area contributed by atoms with Crippen molar-refractivity contribution in [3.05, 3.63) is 0 Å². The van der Waals surface area contributed by atoms with Crippen LogP contribution in [-0.2, 0) is 14.7 Å². The van der Waals surface area contributed by atoms with E-state index in [1.54, 1.807) is 0 Å². The fourth-order valence-electron chi connectivity index (χ4n) is 0.828. The van der Waals surface area contributed by atoms with E-state index in [1.165, 1.54) is 6.26 Å². The third-order valence-electron chi connectivity index (χ3n) is 1.54. The average Bonchev–Trinajstić information content (AvgIpc) is 2.00. The maximum atomic E-state index is 10.8. The standard InChI is InChI=1S/C9H20N2O3S/c1-8(2)11-14-7-9(3)10-5-6-15(4,12)13/h9-10H,5-7H2,1-4H3. The topological polar surface area (TPSA) is 67.8 Å². The van der Waals surface area contributed by atoms with Gasteiger partial charge >= 0.3 is 0 Å². The van der Waals surface area contributed by atoms with Crippen LogP contribution in [0.5, 0.6) is 0 Å². The van der Waals surface area contributed by atoms with Crippen molar-refractivity contribution in [1.82, 2.24) is 5.32 Å². The van der Waals surface area contributed by atoms with Crippen LogP contribution < -0.4 is 5.32 Å². The molecule has 0 fully saturated rings. The predicted octanol–water partition coefficient (Wildman–Crippen LogP) is 0.422. The molecule has 0 aromatic rings. The van der Waals surface area contributed by atoms with Crippen LogP contribution in [0.1, 0.15) is 20.8 Å². The van der Waals surface area contributed by atoms with Crippen molar-refractivity contribution in [3.63, 3.8) is 0 Å². The van der Waals surface area contributed by atoms with Gasteiger partial charge in [0.15, 0.2) is 0 Å². The van der Waals surface area contributed by atoms with E-state index in [9.17, 15) is 8.42 Å². The zero-order valence-corrected chi connectivity index (χ0v) is 10.6. The zero-order valence-electron chi connectivity index (χ0n) is 9.78. The quantitative estimate of drug-likeness (QED) is 0.514. The Balaban J connectivity index is 3.58. The second kappa shape index (κ2) is 6.79. The van der Waals surface area contributed by atoms with Crippen LogP contribution in [0.4, 0.5) is 0 Å². The third-order valence-corrected chi connectivity index (χ3v) is 2.48. The molecule has 0 spiro atoms. The molecular formula is C9H20N2O3S. The summed E-state index contributed by atoms with van der Waals surface area (Å²) in [6.45, 7) is 6.50. The highest BCUT2D eigenvalue weighted by Crippen LogP contribution is 1.87. The number of hydrogen-bond donors (Lipinski definition) is 1. The van der Waals surface area contributed by atoms with Crippen molar-refractivity contribution in [2.75, 3.05) is 25.2 Å². The van der Waals surface area contributed by atoms with Crippen LogP contribution in [0, 0.1) is 0 Å². The largest absolute Gasteiger partial charge is 0.394 e. The summed E-state index contributed by atoms with van der Waals surface area (Å²) in [7, 11) is -2.88. The Kier molecular flexibility index (Phi) is 6.51. The number of oxime groups is 1. The van der Waals surface area contributed by atoms with Crippen LogP contribution in [0.25, 0.3) is 0 Å². The summed E-state index contributed by atoms with van der Waals surface area (Å²) in [4.78, 5) is 5.02. The summed E-state index contributed by atoms with van der Waals surface area (Å²) >= 11 is 0. The highest BCUT2D eigenvalue weighted by molar-refractivity contribution is 7.90. The van der Waals surface area contributed by atoms with Gasteiger partial charge in [-0.3, -0.25) is 0 Å². The molecule has 1 unspecified atom stereocenters. The normalized spacial score (nSPS) is 13.3. The Morgan fingerprint density at radius 1 is 1.47 bits per heavy atom. The van der Waals surface area contributed by atoms with E-state index in [0.717, 1.165) is 5.71 Å². The maximum absolute atomic E-state index is 10.8. The Bertz CT molecular complexity index is 294. The molecule has 1 atom stereocenters. The average molecular weight is 236 g/mol. The summed E-state index contributed by atoms with van der Waals surface area (Å²) in [5, 5.41) is 6.82. The van der Waals surface area contributed by atoms with Crippen molar-refractivity contribution in [2.45, 2.75) is 26.8 Å². The zero-order chi connectivity index (χ0) is 11.9. The van der Waals surface area contributed by atoms with E-state index >= 15 is 0 Å². The second-order valence-corrected chi connectivity index (χ2v) is 6.08. The van der Waals surface area contributed by atoms with E-state index in [-0.39, 0.29) is 11.8 Å². The SMILES string of the molecule is CC(C)=NOCC(C)NCCS(C)(=O)=O. The van der Waals surface area contributed by atoms with Crippen LogP contribution in [0.2, 0.25) is 0 Å². The number of sulfone groups is 1. The first-order valence-corrected chi connectivity index (χ1v) is 6.91. The lowest BCUT2D eigenvalue weighted by Crippen LogP contribution is -2.33. The van der Waals surface area contributed by atoms with Gasteiger partial charge in [-0.2, -0.15) is 0 Å². The fourth-order valence-corrected chi connectivity index (χ4v) is 1.32. The first kappa shape index (κ1) is 14.4. The van der Waals surface area contributed by atoms with Crippen molar-refractivity contribution < 1.29 is 13.3 Å². The van der Waals surface area contributed by atoms with Gasteiger partial charge in [-0.25, -0.2) is 8.42 Å². The molecule has 0 rings (SSSR count). The van der Waals surface area contributed by atoms with E-state index in [4.69, 9.17) is 4.84 Å². The van der Waals surface area contributed by atoms with Gasteiger partial charge in [0.1, 0.15) is 16.4 Å². The Morgan fingerprint density at radius 2 is 2.07 bits per heavy atom. The van der Waals surface area contributed by atoms with Gasteiger partial charge in [0.25, 0.3) is 0 Å². The first-order chi connectivity index (χ1) is 6.81. The molecule has 0 aliphatic carbocycles. The summed E-state index contributed by atoms with van der Waals surface area (Å²) < 4.78 is 21.6. The number of nitrogens with one attached hydrogen (secondary N) is 1. The van der Waals surface area contributed by atoms with E-state index in [2.05, 4.69) is 10.5 Å². The van der Waals surface area contributed by atoms with Gasteiger partial charge in [0, 0.05) is 18.8 Å². The lowest BCUT2D eigenvalue weighted by Gasteiger charge is -2.11. The third kappa shape index (κ3) is 11.3. The van der Waals surface area contributed by atoms with Gasteiger partial charge in [-0.15, -0.1) is 0 Å². The second-order valence-electron chi connectivity index (χ2n) is 3.82. The van der Waals surface area contributed by atoms with E-state index in [1.807, 2.05) is 20.8 Å². The lowest BCUT2D eigenvalue weighted by molar-refractivity contribution is 0.124. The molecule has 0 aromatic carbocycles. The van der Waals surface area contributed by atoms with Gasteiger partial charge in [-0.1, -0.05) is 5.16 Å². The van der Waals surface area contributed by atoms with Crippen LogP contribution >= 0.6 is 0 Å². The Hall–Kier alpha value is -0.620. The smallest absolute Gasteiger partial charge is 0.148 e. The molecule has 0 heterocycles. The summed E-state index contributed by atoms with van der Waals surface area (Å²) in [5.41, 5.74) is 0.860.